The molecule has 0 spiro atoms. The maximum Gasteiger partial charge on any atom is 2.00 e. The number of hydrogen-bond acceptors (Lipinski definition) is 10. The molecule has 12 heteroatoms. The molecule has 0 amide bonds. The summed E-state index contributed by atoms with van der Waals surface area (Å²) in [7, 11) is 0. The van der Waals surface area contributed by atoms with Crippen LogP contribution in [0.3, 0.4) is 0 Å². The Morgan fingerprint density at radius 2 is 0.583 bits per heavy atom. The molecule has 0 atom stereocenters. The monoisotopic (exact) mass is 450 g/mol. The van der Waals surface area contributed by atoms with E-state index in [2.05, 4.69) is 0 Å². The van der Waals surface area contributed by atoms with Crippen molar-refractivity contribution in [3.63, 3.8) is 0 Å². The first kappa shape index (κ1) is 38.5. The average Bonchev–Trinajstić information content (AvgIpc) is 2.30. The Morgan fingerprint density at radius 1 is 0.458 bits per heavy atom. The summed E-state index contributed by atoms with van der Waals surface area (Å²) in [5, 5.41) is 39.1. The van der Waals surface area contributed by atoms with E-state index in [1.165, 1.54) is 0 Å². The van der Waals surface area contributed by atoms with Crippen LogP contribution in [0.5, 0.6) is 0 Å². The number of unbranched alkanes of at least 4 members (excludes halogenated alkanes) is 2. The Balaban J connectivity index is -0.0000000579. The van der Waals surface area contributed by atoms with E-state index < -0.39 is 23.9 Å². The van der Waals surface area contributed by atoms with Crippen LogP contribution in [0.2, 0.25) is 0 Å². The molecule has 10 nitrogen and oxygen atoms in total. The second kappa shape index (κ2) is 26.9. The van der Waals surface area contributed by atoms with Crippen LogP contribution in [0.1, 0.15) is 51.4 Å². The predicted molar refractivity (Wildman–Crippen MR) is 67.0 cm³/mol. The Morgan fingerprint density at radius 3 is 0.667 bits per heavy atom. The largest absolute Gasteiger partial charge is 2.00 e. The Labute approximate surface area is 166 Å². The van der Waals surface area contributed by atoms with Crippen LogP contribution < -0.4 is 32.7 Å². The molecular formula is C12H22N2O8Zn2. The molecule has 0 rings (SSSR count). The molecule has 24 heavy (non-hydrogen) atoms. The van der Waals surface area contributed by atoms with Gasteiger partial charge in [0.05, 0.1) is 0 Å². The summed E-state index contributed by atoms with van der Waals surface area (Å²) in [5.74, 6) is -4.56. The van der Waals surface area contributed by atoms with Gasteiger partial charge in [-0.15, -0.1) is 0 Å². The van der Waals surface area contributed by atoms with E-state index in [9.17, 15) is 39.6 Å². The number of rotatable bonds is 10. The standard InChI is InChI=1S/2C6H10O4.2H3N.2Zn/c2*7-5(8)3-1-2-4-6(9)10;;;;/h2*1-4H2,(H,7,8)(H,9,10);2*1H3;;/q;;;;2*+2/p-4. The second-order valence-corrected chi connectivity index (χ2v) is 3.90. The van der Waals surface area contributed by atoms with Crippen LogP contribution in [0, 0.1) is 0 Å². The van der Waals surface area contributed by atoms with Gasteiger partial charge in [0.25, 0.3) is 0 Å². The third kappa shape index (κ3) is 49.7. The van der Waals surface area contributed by atoms with E-state index in [1.54, 1.807) is 0 Å². The smallest absolute Gasteiger partial charge is 0.550 e. The zero-order valence-corrected chi connectivity index (χ0v) is 19.7. The van der Waals surface area contributed by atoms with E-state index in [-0.39, 0.29) is 76.9 Å². The molecule has 0 fully saturated rings. The van der Waals surface area contributed by atoms with Gasteiger partial charge in [-0.1, -0.05) is 0 Å². The van der Waals surface area contributed by atoms with Gasteiger partial charge in [0, 0.05) is 23.9 Å². The molecule has 0 heterocycles. The van der Waals surface area contributed by atoms with Crippen molar-refractivity contribution in [2.24, 2.45) is 0 Å². The fourth-order valence-electron chi connectivity index (χ4n) is 1.08. The Hall–Kier alpha value is -0.953. The maximum absolute atomic E-state index is 9.77. The van der Waals surface area contributed by atoms with Gasteiger partial charge in [-0.25, -0.2) is 0 Å². The van der Waals surface area contributed by atoms with Crippen molar-refractivity contribution in [3.8, 4) is 0 Å². The molecular weight excluding hydrogens is 431 g/mol. The van der Waals surface area contributed by atoms with Gasteiger partial charge in [-0.2, -0.15) is 0 Å². The van der Waals surface area contributed by atoms with Crippen molar-refractivity contribution >= 4 is 23.9 Å². The number of carbonyl (C=O) groups excluding carboxylic acids is 4. The van der Waals surface area contributed by atoms with Gasteiger partial charge in [0.15, 0.2) is 0 Å². The van der Waals surface area contributed by atoms with Crippen molar-refractivity contribution in [1.82, 2.24) is 12.3 Å². The van der Waals surface area contributed by atoms with Crippen LogP contribution in [0.4, 0.5) is 0 Å². The number of hydrogen-bond donors (Lipinski definition) is 2. The summed E-state index contributed by atoms with van der Waals surface area (Å²) in [6.07, 6.45) is 1.07. The summed E-state index contributed by atoms with van der Waals surface area (Å²) < 4.78 is 0. The van der Waals surface area contributed by atoms with Crippen LogP contribution >= 0.6 is 0 Å². The quantitative estimate of drug-likeness (QED) is 0.244. The molecule has 0 unspecified atom stereocenters. The van der Waals surface area contributed by atoms with Gasteiger partial charge >= 0.3 is 39.0 Å². The van der Waals surface area contributed by atoms with E-state index >= 15 is 0 Å². The molecule has 0 aliphatic heterocycles. The fourth-order valence-corrected chi connectivity index (χ4v) is 1.08. The molecule has 0 saturated heterocycles. The number of aliphatic carboxylic acids is 4. The van der Waals surface area contributed by atoms with Gasteiger partial charge in [0.2, 0.25) is 0 Å². The molecule has 0 aliphatic rings. The van der Waals surface area contributed by atoms with Crippen molar-refractivity contribution in [2.75, 3.05) is 0 Å². The first-order valence-corrected chi connectivity index (χ1v) is 6.05. The number of carboxylic acids is 4. The van der Waals surface area contributed by atoms with Crippen LogP contribution in [-0.2, 0) is 58.1 Å². The first-order valence-electron chi connectivity index (χ1n) is 6.05. The minimum absolute atomic E-state index is 0. The zero-order valence-electron chi connectivity index (χ0n) is 13.8. The van der Waals surface area contributed by atoms with Crippen molar-refractivity contribution < 1.29 is 78.6 Å². The molecule has 0 radical (unpaired) electrons. The topological polar surface area (TPSA) is 231 Å². The third-order valence-electron chi connectivity index (χ3n) is 2.02. The number of carbonyl (C=O) groups is 4. The predicted octanol–water partition coefficient (Wildman–Crippen LogP) is -3.59. The maximum atomic E-state index is 9.77. The second-order valence-electron chi connectivity index (χ2n) is 3.90. The summed E-state index contributed by atoms with van der Waals surface area (Å²) >= 11 is 0. The first-order chi connectivity index (χ1) is 9.25. The molecule has 6 N–H and O–H groups in total. The van der Waals surface area contributed by atoms with E-state index in [0.717, 1.165) is 0 Å². The normalized spacial score (nSPS) is 7.67. The summed E-state index contributed by atoms with van der Waals surface area (Å²) in [4.78, 5) is 39.1. The van der Waals surface area contributed by atoms with E-state index in [0.29, 0.717) is 25.7 Å². The van der Waals surface area contributed by atoms with Crippen molar-refractivity contribution in [1.29, 1.82) is 0 Å². The minimum atomic E-state index is -1.14. The van der Waals surface area contributed by atoms with Gasteiger partial charge in [-0.05, 0) is 51.4 Å². The average molecular weight is 453 g/mol. The van der Waals surface area contributed by atoms with Crippen molar-refractivity contribution in [3.05, 3.63) is 0 Å². The zero-order chi connectivity index (χ0) is 16.0. The summed E-state index contributed by atoms with van der Waals surface area (Å²) in [6, 6.07) is 0. The molecule has 0 bridgehead atoms. The Bertz CT molecular complexity index is 279. The van der Waals surface area contributed by atoms with Crippen LogP contribution in [-0.4, -0.2) is 23.9 Å². The Kier molecular flexibility index (Phi) is 43.2. The third-order valence-corrected chi connectivity index (χ3v) is 2.02. The molecule has 0 aromatic heterocycles. The number of carboxylic acid groups (broad SMARTS) is 4. The molecule has 0 saturated carbocycles. The summed E-state index contributed by atoms with van der Waals surface area (Å²) in [5.41, 5.74) is 0. The minimum Gasteiger partial charge on any atom is -0.550 e. The summed E-state index contributed by atoms with van der Waals surface area (Å²) in [6.45, 7) is 0. The fraction of sp³-hybridized carbons (Fsp3) is 0.667. The molecule has 0 aromatic carbocycles. The van der Waals surface area contributed by atoms with Crippen molar-refractivity contribution in [2.45, 2.75) is 51.4 Å². The molecule has 0 aromatic rings. The van der Waals surface area contributed by atoms with E-state index in [1.807, 2.05) is 0 Å². The molecule has 0 aliphatic carbocycles. The van der Waals surface area contributed by atoms with Gasteiger partial charge < -0.3 is 51.9 Å². The van der Waals surface area contributed by atoms with Gasteiger partial charge in [-0.3, -0.25) is 0 Å². The van der Waals surface area contributed by atoms with Gasteiger partial charge in [0.1, 0.15) is 0 Å². The van der Waals surface area contributed by atoms with Crippen LogP contribution in [0.15, 0.2) is 0 Å². The van der Waals surface area contributed by atoms with Crippen LogP contribution in [0.25, 0.3) is 0 Å². The SMILES string of the molecule is N.N.O=C([O-])CCCCC(=O)[O-].O=C([O-])CCCCC(=O)[O-].[Zn+2].[Zn+2]. The van der Waals surface area contributed by atoms with E-state index in [4.69, 9.17) is 0 Å². The molecule has 132 valence electrons.